The minimum absolute atomic E-state index is 0.750. The smallest absolute Gasteiger partial charge is 0.142 e. The van der Waals surface area contributed by atoms with E-state index in [1.165, 1.54) is 0 Å². The van der Waals surface area contributed by atoms with E-state index in [1.54, 1.807) is 13.3 Å². The Morgan fingerprint density at radius 3 is 2.15 bits per heavy atom. The lowest BCUT2D eigenvalue weighted by atomic mass is 9.79. The zero-order valence-electron chi connectivity index (χ0n) is 14.5. The first-order chi connectivity index (χ1) is 12.7. The van der Waals surface area contributed by atoms with Crippen LogP contribution in [-0.4, -0.2) is 17.2 Å². The quantitative estimate of drug-likeness (QED) is 0.593. The molecule has 0 spiro atoms. The highest BCUT2D eigenvalue weighted by atomic mass is 16.5. The van der Waals surface area contributed by atoms with Crippen molar-refractivity contribution in [2.75, 3.05) is 7.11 Å². The first-order valence-electron chi connectivity index (χ1n) is 8.49. The van der Waals surface area contributed by atoms with E-state index < -0.39 is 5.60 Å². The van der Waals surface area contributed by atoms with E-state index in [-0.39, 0.29) is 0 Å². The van der Waals surface area contributed by atoms with Crippen molar-refractivity contribution in [3.63, 3.8) is 0 Å². The number of nitrogens with zero attached hydrogens (tertiary/aromatic N) is 1. The van der Waals surface area contributed by atoms with Crippen LogP contribution in [0.25, 0.3) is 10.8 Å². The summed E-state index contributed by atoms with van der Waals surface area (Å²) in [7, 11) is 1.63. The van der Waals surface area contributed by atoms with Crippen LogP contribution in [0.3, 0.4) is 0 Å². The predicted molar refractivity (Wildman–Crippen MR) is 103 cm³/mol. The number of fused-ring (bicyclic) bond motifs is 1. The number of rotatable bonds is 4. The van der Waals surface area contributed by atoms with Gasteiger partial charge in [0.15, 0.2) is 0 Å². The monoisotopic (exact) mass is 341 g/mol. The van der Waals surface area contributed by atoms with E-state index in [0.717, 1.165) is 33.2 Å². The Hall–Kier alpha value is -3.17. The molecule has 0 aliphatic carbocycles. The number of aliphatic hydroxyl groups is 1. The lowest BCUT2D eigenvalue weighted by molar-refractivity contribution is 0.127. The number of hydrogen-bond acceptors (Lipinski definition) is 3. The number of hydrogen-bond donors (Lipinski definition) is 1. The molecule has 4 rings (SSSR count). The number of ether oxygens (including phenoxy) is 1. The molecule has 26 heavy (non-hydrogen) atoms. The molecule has 3 aromatic carbocycles. The van der Waals surface area contributed by atoms with Crippen LogP contribution in [0.4, 0.5) is 0 Å². The first-order valence-corrected chi connectivity index (χ1v) is 8.49. The van der Waals surface area contributed by atoms with E-state index in [2.05, 4.69) is 4.98 Å². The van der Waals surface area contributed by atoms with Gasteiger partial charge in [-0.3, -0.25) is 4.98 Å². The summed E-state index contributed by atoms with van der Waals surface area (Å²) in [6.45, 7) is 0. The molecule has 0 saturated heterocycles. The van der Waals surface area contributed by atoms with Crippen LogP contribution in [0, 0.1) is 0 Å². The van der Waals surface area contributed by atoms with Gasteiger partial charge in [-0.25, -0.2) is 0 Å². The molecular formula is C23H19NO2. The van der Waals surface area contributed by atoms with Crippen molar-refractivity contribution >= 4 is 10.8 Å². The van der Waals surface area contributed by atoms with E-state index in [4.69, 9.17) is 4.74 Å². The maximum absolute atomic E-state index is 12.0. The van der Waals surface area contributed by atoms with Gasteiger partial charge in [-0.15, -0.1) is 0 Å². The molecule has 1 atom stereocenters. The van der Waals surface area contributed by atoms with Crippen molar-refractivity contribution in [2.45, 2.75) is 5.60 Å². The second kappa shape index (κ2) is 6.62. The minimum Gasteiger partial charge on any atom is -0.497 e. The van der Waals surface area contributed by atoms with Gasteiger partial charge in [0.2, 0.25) is 0 Å². The van der Waals surface area contributed by atoms with Gasteiger partial charge >= 0.3 is 0 Å². The molecule has 1 heterocycles. The standard InChI is InChI=1S/C23H19NO2/c1-26-20-13-11-19(12-14-20)23(25,18-8-3-2-4-9-18)22-16-24-15-17-7-5-6-10-21(17)22/h2-16,25H,1H3. The van der Waals surface area contributed by atoms with Crippen molar-refractivity contribution in [3.8, 4) is 5.75 Å². The Labute approximate surface area is 152 Å². The lowest BCUT2D eigenvalue weighted by Gasteiger charge is -2.31. The molecule has 1 aromatic heterocycles. The fourth-order valence-corrected chi connectivity index (χ4v) is 3.39. The highest BCUT2D eigenvalue weighted by Crippen LogP contribution is 2.39. The Kier molecular flexibility index (Phi) is 4.15. The van der Waals surface area contributed by atoms with Crippen molar-refractivity contribution in [2.24, 2.45) is 0 Å². The number of aromatic nitrogens is 1. The van der Waals surface area contributed by atoms with Gasteiger partial charge in [0.05, 0.1) is 7.11 Å². The number of benzene rings is 3. The molecule has 128 valence electrons. The third-order valence-corrected chi connectivity index (χ3v) is 4.76. The molecule has 0 amide bonds. The molecule has 4 aromatic rings. The minimum atomic E-state index is -1.32. The molecule has 3 heteroatoms. The summed E-state index contributed by atoms with van der Waals surface area (Å²) < 4.78 is 5.27. The molecule has 3 nitrogen and oxygen atoms in total. The van der Waals surface area contributed by atoms with Crippen LogP contribution in [0.2, 0.25) is 0 Å². The van der Waals surface area contributed by atoms with Gasteiger partial charge < -0.3 is 9.84 Å². The normalized spacial score (nSPS) is 13.3. The van der Waals surface area contributed by atoms with Crippen molar-refractivity contribution < 1.29 is 9.84 Å². The number of pyridine rings is 1. The first kappa shape index (κ1) is 16.3. The van der Waals surface area contributed by atoms with Crippen LogP contribution in [0.15, 0.2) is 91.3 Å². The fourth-order valence-electron chi connectivity index (χ4n) is 3.39. The fraction of sp³-hybridized carbons (Fsp3) is 0.0870. The summed E-state index contributed by atoms with van der Waals surface area (Å²) in [5, 5.41) is 14.0. The molecular weight excluding hydrogens is 322 g/mol. The molecule has 0 fully saturated rings. The van der Waals surface area contributed by atoms with Crippen molar-refractivity contribution in [1.29, 1.82) is 0 Å². The van der Waals surface area contributed by atoms with Crippen molar-refractivity contribution in [1.82, 2.24) is 4.98 Å². The molecule has 1 unspecified atom stereocenters. The van der Waals surface area contributed by atoms with Gasteiger partial charge in [0, 0.05) is 23.3 Å². The molecule has 0 aliphatic heterocycles. The summed E-state index contributed by atoms with van der Waals surface area (Å²) in [5.41, 5.74) is 0.999. The van der Waals surface area contributed by atoms with Gasteiger partial charge in [0.1, 0.15) is 11.4 Å². The summed E-state index contributed by atoms with van der Waals surface area (Å²) in [6.07, 6.45) is 3.57. The van der Waals surface area contributed by atoms with E-state index in [0.29, 0.717) is 0 Å². The third kappa shape index (κ3) is 2.63. The molecule has 0 radical (unpaired) electrons. The van der Waals surface area contributed by atoms with Crippen molar-refractivity contribution in [3.05, 3.63) is 108 Å². The molecule has 0 bridgehead atoms. The SMILES string of the molecule is COc1ccc(C(O)(c2ccccc2)c2cncc3ccccc23)cc1. The predicted octanol–water partition coefficient (Wildman–Crippen LogP) is 4.53. The van der Waals surface area contributed by atoms with Crippen LogP contribution < -0.4 is 4.74 Å². The van der Waals surface area contributed by atoms with E-state index in [9.17, 15) is 5.11 Å². The molecule has 1 N–H and O–H groups in total. The lowest BCUT2D eigenvalue weighted by Crippen LogP contribution is -2.29. The Morgan fingerprint density at radius 2 is 1.42 bits per heavy atom. The average molecular weight is 341 g/mol. The van der Waals surface area contributed by atoms with Crippen LogP contribution >= 0.6 is 0 Å². The van der Waals surface area contributed by atoms with Gasteiger partial charge in [-0.05, 0) is 28.6 Å². The zero-order chi connectivity index (χ0) is 18.0. The summed E-state index contributed by atoms with van der Waals surface area (Å²) in [4.78, 5) is 4.38. The molecule has 0 saturated carbocycles. The topological polar surface area (TPSA) is 42.4 Å². The second-order valence-corrected chi connectivity index (χ2v) is 6.21. The Balaban J connectivity index is 2.02. The van der Waals surface area contributed by atoms with Crippen LogP contribution in [-0.2, 0) is 5.60 Å². The van der Waals surface area contributed by atoms with Crippen LogP contribution in [0.1, 0.15) is 16.7 Å². The summed E-state index contributed by atoms with van der Waals surface area (Å²) in [6, 6.07) is 25.2. The van der Waals surface area contributed by atoms with Gasteiger partial charge in [-0.1, -0.05) is 66.7 Å². The number of methoxy groups -OCH3 is 1. The Morgan fingerprint density at radius 1 is 0.769 bits per heavy atom. The maximum Gasteiger partial charge on any atom is 0.142 e. The highest BCUT2D eigenvalue weighted by molar-refractivity contribution is 5.86. The Bertz CT molecular complexity index is 1020. The van der Waals surface area contributed by atoms with Gasteiger partial charge in [0.25, 0.3) is 0 Å². The largest absolute Gasteiger partial charge is 0.497 e. The van der Waals surface area contributed by atoms with Crippen LogP contribution in [0.5, 0.6) is 5.75 Å². The third-order valence-electron chi connectivity index (χ3n) is 4.76. The maximum atomic E-state index is 12.0. The summed E-state index contributed by atoms with van der Waals surface area (Å²) >= 11 is 0. The average Bonchev–Trinajstić information content (AvgIpc) is 2.73. The zero-order valence-corrected chi connectivity index (χ0v) is 14.5. The highest BCUT2D eigenvalue weighted by Gasteiger charge is 2.35. The second-order valence-electron chi connectivity index (χ2n) is 6.21. The molecule has 0 aliphatic rings. The van der Waals surface area contributed by atoms with E-state index >= 15 is 0 Å². The van der Waals surface area contributed by atoms with Gasteiger partial charge in [-0.2, -0.15) is 0 Å². The summed E-state index contributed by atoms with van der Waals surface area (Å²) in [5.74, 6) is 0.750. The van der Waals surface area contributed by atoms with E-state index in [1.807, 2.05) is 85.1 Å².